The maximum atomic E-state index is 6.81. The number of hydrogen-bond acceptors (Lipinski definition) is 3. The molecule has 0 fully saturated rings. The standard InChI is InChI=1S/C50H46N4O/c1-32(2)38-28-39(30-41(29-38)55-40-23-24-45-44-19-12-13-22-46(44)53(47(45)31-40)48-27-33(3)25-26-51-48)54-35(5)49(34(4)52-54)50-42(36-15-8-6-9-16-36)20-14-21-43(50)37-17-10-7-11-18-37/h6-13,15-20,22-32,43,50H,14,21H2,1-5H3/t43-,50?/m1/s1. The van der Waals surface area contributed by atoms with E-state index >= 15 is 0 Å². The van der Waals surface area contributed by atoms with Crippen molar-refractivity contribution in [2.24, 2.45) is 0 Å². The Balaban J connectivity index is 1.14. The van der Waals surface area contributed by atoms with Crippen molar-refractivity contribution in [3.63, 3.8) is 0 Å². The summed E-state index contributed by atoms with van der Waals surface area (Å²) < 4.78 is 11.2. The van der Waals surface area contributed by atoms with Crippen molar-refractivity contribution in [3.8, 4) is 23.0 Å². The summed E-state index contributed by atoms with van der Waals surface area (Å²) in [6.07, 6.45) is 6.49. The second-order valence-corrected chi connectivity index (χ2v) is 15.3. The summed E-state index contributed by atoms with van der Waals surface area (Å²) in [5.74, 6) is 3.27. The average Bonchev–Trinajstić information content (AvgIpc) is 3.70. The van der Waals surface area contributed by atoms with Crippen LogP contribution >= 0.6 is 0 Å². The fourth-order valence-electron chi connectivity index (χ4n) is 8.79. The zero-order valence-electron chi connectivity index (χ0n) is 32.2. The molecule has 272 valence electrons. The molecule has 3 aromatic heterocycles. The Kier molecular flexibility index (Phi) is 8.94. The molecule has 0 amide bonds. The maximum Gasteiger partial charge on any atom is 0.137 e. The molecule has 55 heavy (non-hydrogen) atoms. The first-order chi connectivity index (χ1) is 26.8. The molecule has 3 heterocycles. The number of aromatic nitrogens is 4. The largest absolute Gasteiger partial charge is 0.457 e. The summed E-state index contributed by atoms with van der Waals surface area (Å²) >= 11 is 0. The molecule has 5 aromatic carbocycles. The van der Waals surface area contributed by atoms with E-state index < -0.39 is 0 Å². The molecule has 0 radical (unpaired) electrons. The van der Waals surface area contributed by atoms with Crippen LogP contribution in [-0.4, -0.2) is 19.3 Å². The van der Waals surface area contributed by atoms with E-state index in [9.17, 15) is 0 Å². The zero-order chi connectivity index (χ0) is 37.6. The van der Waals surface area contributed by atoms with E-state index in [0.29, 0.717) is 11.8 Å². The molecule has 2 atom stereocenters. The minimum Gasteiger partial charge on any atom is -0.457 e. The maximum absolute atomic E-state index is 6.81. The Morgan fingerprint density at radius 1 is 0.709 bits per heavy atom. The normalized spacial score (nSPS) is 15.9. The lowest BCUT2D eigenvalue weighted by Gasteiger charge is -2.34. The topological polar surface area (TPSA) is 44.9 Å². The lowest BCUT2D eigenvalue weighted by molar-refractivity contribution is 0.481. The van der Waals surface area contributed by atoms with Gasteiger partial charge in [0, 0.05) is 46.3 Å². The van der Waals surface area contributed by atoms with E-state index in [1.54, 1.807) is 0 Å². The van der Waals surface area contributed by atoms with Crippen LogP contribution in [0.4, 0.5) is 0 Å². The van der Waals surface area contributed by atoms with Gasteiger partial charge >= 0.3 is 0 Å². The SMILES string of the molecule is Cc1ccnc(-n2c3ccccc3c3ccc(Oc4cc(C(C)C)cc(-n5nc(C)c(C6C(c7ccccc7)=CCC[C@@H]6c6ccccc6)c5C)c4)cc32)c1. The fourth-order valence-corrected chi connectivity index (χ4v) is 8.79. The molecular formula is C50H46N4O. The van der Waals surface area contributed by atoms with E-state index in [4.69, 9.17) is 14.8 Å². The predicted molar refractivity (Wildman–Crippen MR) is 226 cm³/mol. The molecule has 1 unspecified atom stereocenters. The monoisotopic (exact) mass is 718 g/mol. The minimum absolute atomic E-state index is 0.178. The molecule has 1 aliphatic carbocycles. The van der Waals surface area contributed by atoms with Crippen LogP contribution in [0.15, 0.2) is 146 Å². The molecule has 0 saturated carbocycles. The first kappa shape index (κ1) is 34.6. The van der Waals surface area contributed by atoms with Gasteiger partial charge < -0.3 is 4.74 Å². The number of ether oxygens (including phenoxy) is 1. The molecule has 9 rings (SSSR count). The highest BCUT2D eigenvalue weighted by Gasteiger charge is 2.35. The van der Waals surface area contributed by atoms with Crippen LogP contribution in [0.2, 0.25) is 0 Å². The quantitative estimate of drug-likeness (QED) is 0.157. The smallest absolute Gasteiger partial charge is 0.137 e. The molecule has 5 heteroatoms. The number of nitrogens with zero attached hydrogens (tertiary/aromatic N) is 4. The van der Waals surface area contributed by atoms with Gasteiger partial charge in [0.25, 0.3) is 0 Å². The van der Waals surface area contributed by atoms with E-state index in [1.165, 1.54) is 44.2 Å². The Morgan fingerprint density at radius 3 is 2.24 bits per heavy atom. The van der Waals surface area contributed by atoms with Crippen LogP contribution in [0, 0.1) is 20.8 Å². The van der Waals surface area contributed by atoms with Crippen LogP contribution in [0.3, 0.4) is 0 Å². The second-order valence-electron chi connectivity index (χ2n) is 15.3. The van der Waals surface area contributed by atoms with Gasteiger partial charge in [-0.3, -0.25) is 4.57 Å². The fraction of sp³-hybridized carbons (Fsp3) is 0.200. The Labute approximate surface area is 323 Å². The molecule has 0 bridgehead atoms. The second kappa shape index (κ2) is 14.2. The van der Waals surface area contributed by atoms with Crippen molar-refractivity contribution in [2.75, 3.05) is 0 Å². The predicted octanol–water partition coefficient (Wildman–Crippen LogP) is 13.0. The summed E-state index contributed by atoms with van der Waals surface area (Å²) in [6, 6.07) is 47.6. The highest BCUT2D eigenvalue weighted by atomic mass is 16.5. The molecular weight excluding hydrogens is 673 g/mol. The number of fused-ring (bicyclic) bond motifs is 3. The average molecular weight is 719 g/mol. The van der Waals surface area contributed by atoms with Gasteiger partial charge in [-0.15, -0.1) is 0 Å². The highest BCUT2D eigenvalue weighted by Crippen LogP contribution is 2.50. The molecule has 0 spiro atoms. The molecule has 1 aliphatic rings. The molecule has 0 aliphatic heterocycles. The number of hydrogen-bond donors (Lipinski definition) is 0. The third kappa shape index (κ3) is 6.34. The third-order valence-corrected chi connectivity index (χ3v) is 11.4. The Bertz CT molecular complexity index is 2700. The van der Waals surface area contributed by atoms with Gasteiger partial charge in [0.05, 0.1) is 22.4 Å². The van der Waals surface area contributed by atoms with Crippen molar-refractivity contribution >= 4 is 27.4 Å². The first-order valence-electron chi connectivity index (χ1n) is 19.5. The van der Waals surface area contributed by atoms with Crippen LogP contribution in [0.1, 0.15) is 83.6 Å². The number of para-hydroxylation sites is 1. The van der Waals surface area contributed by atoms with Crippen molar-refractivity contribution in [1.82, 2.24) is 19.3 Å². The highest BCUT2D eigenvalue weighted by molar-refractivity contribution is 6.09. The van der Waals surface area contributed by atoms with Crippen LogP contribution in [0.5, 0.6) is 11.5 Å². The minimum atomic E-state index is 0.178. The Hall–Kier alpha value is -6.20. The first-order valence-corrected chi connectivity index (χ1v) is 19.5. The van der Waals surface area contributed by atoms with E-state index in [2.05, 4.69) is 177 Å². The summed E-state index contributed by atoms with van der Waals surface area (Å²) in [7, 11) is 0. The number of benzene rings is 5. The molecule has 0 N–H and O–H groups in total. The summed E-state index contributed by atoms with van der Waals surface area (Å²) in [5, 5.41) is 7.66. The van der Waals surface area contributed by atoms with Crippen molar-refractivity contribution < 1.29 is 4.74 Å². The lowest BCUT2D eigenvalue weighted by atomic mass is 9.69. The van der Waals surface area contributed by atoms with Crippen LogP contribution in [0.25, 0.3) is 38.9 Å². The lowest BCUT2D eigenvalue weighted by Crippen LogP contribution is -2.18. The summed E-state index contributed by atoms with van der Waals surface area (Å²) in [4.78, 5) is 4.78. The number of rotatable bonds is 8. The third-order valence-electron chi connectivity index (χ3n) is 11.4. The van der Waals surface area contributed by atoms with Crippen molar-refractivity contribution in [2.45, 2.75) is 65.2 Å². The van der Waals surface area contributed by atoms with Gasteiger partial charge in [0.15, 0.2) is 0 Å². The van der Waals surface area contributed by atoms with E-state index in [0.717, 1.165) is 58.3 Å². The van der Waals surface area contributed by atoms with E-state index in [-0.39, 0.29) is 5.92 Å². The van der Waals surface area contributed by atoms with Gasteiger partial charge in [0.1, 0.15) is 17.3 Å². The molecule has 5 nitrogen and oxygen atoms in total. The number of allylic oxidation sites excluding steroid dienone is 2. The Morgan fingerprint density at radius 2 is 1.45 bits per heavy atom. The zero-order valence-corrected chi connectivity index (χ0v) is 32.2. The number of pyridine rings is 1. The van der Waals surface area contributed by atoms with Crippen molar-refractivity contribution in [3.05, 3.63) is 185 Å². The van der Waals surface area contributed by atoms with Crippen LogP contribution < -0.4 is 4.74 Å². The number of aryl methyl sites for hydroxylation is 2. The summed E-state index contributed by atoms with van der Waals surface area (Å²) in [5.41, 5.74) is 13.1. The van der Waals surface area contributed by atoms with Gasteiger partial charge in [-0.2, -0.15) is 5.10 Å². The van der Waals surface area contributed by atoms with Gasteiger partial charge in [-0.1, -0.05) is 98.8 Å². The van der Waals surface area contributed by atoms with Crippen LogP contribution in [-0.2, 0) is 0 Å². The molecule has 8 aromatic rings. The molecule has 0 saturated heterocycles. The van der Waals surface area contributed by atoms with E-state index in [1.807, 2.05) is 12.3 Å². The van der Waals surface area contributed by atoms with Gasteiger partial charge in [0.2, 0.25) is 0 Å². The summed E-state index contributed by atoms with van der Waals surface area (Å²) in [6.45, 7) is 11.0. The van der Waals surface area contributed by atoms with Gasteiger partial charge in [-0.05, 0) is 116 Å². The van der Waals surface area contributed by atoms with Crippen molar-refractivity contribution in [1.29, 1.82) is 0 Å². The van der Waals surface area contributed by atoms with Gasteiger partial charge in [-0.25, -0.2) is 9.67 Å².